The van der Waals surface area contributed by atoms with Crippen LogP contribution in [0, 0.1) is 6.92 Å². The minimum atomic E-state index is 0.0169. The summed E-state index contributed by atoms with van der Waals surface area (Å²) in [5, 5.41) is 0. The maximum atomic E-state index is 13.0. The standard InChI is InChI=1S/C22H35N3O/c1-4-21-10-5-6-11-25(21)22(26)19(3)24-14-12-23(13-15-24)17-20-9-7-8-18(2)16-20/h7-9,16,19,21H,4-6,10-15,17H2,1-3H3. The normalized spacial score (nSPS) is 23.8. The highest BCUT2D eigenvalue weighted by atomic mass is 16.2. The monoisotopic (exact) mass is 357 g/mol. The molecule has 144 valence electrons. The van der Waals surface area contributed by atoms with Crippen LogP contribution in [0.2, 0.25) is 0 Å². The summed E-state index contributed by atoms with van der Waals surface area (Å²) in [6.45, 7) is 12.5. The quantitative estimate of drug-likeness (QED) is 0.809. The highest BCUT2D eigenvalue weighted by Gasteiger charge is 2.32. The zero-order valence-electron chi connectivity index (χ0n) is 16.8. The number of benzene rings is 1. The Labute approximate surface area is 159 Å². The van der Waals surface area contributed by atoms with E-state index in [-0.39, 0.29) is 6.04 Å². The van der Waals surface area contributed by atoms with Crippen LogP contribution in [0.25, 0.3) is 0 Å². The Hall–Kier alpha value is -1.39. The molecule has 0 saturated carbocycles. The number of likely N-dealkylation sites (tertiary alicyclic amines) is 1. The zero-order chi connectivity index (χ0) is 18.5. The molecular formula is C22H35N3O. The Morgan fingerprint density at radius 3 is 2.62 bits per heavy atom. The predicted octanol–water partition coefficient (Wildman–Crippen LogP) is 3.29. The van der Waals surface area contributed by atoms with Crippen LogP contribution in [0.4, 0.5) is 0 Å². The maximum Gasteiger partial charge on any atom is 0.239 e. The van der Waals surface area contributed by atoms with Crippen molar-refractivity contribution in [1.82, 2.24) is 14.7 Å². The molecule has 2 atom stereocenters. The molecule has 0 aromatic heterocycles. The fourth-order valence-corrected chi connectivity index (χ4v) is 4.49. The lowest BCUT2D eigenvalue weighted by Crippen LogP contribution is -2.56. The van der Waals surface area contributed by atoms with Crippen molar-refractivity contribution >= 4 is 5.91 Å². The first-order chi connectivity index (χ1) is 12.6. The smallest absolute Gasteiger partial charge is 0.239 e. The summed E-state index contributed by atoms with van der Waals surface area (Å²) in [5.41, 5.74) is 2.72. The molecule has 2 saturated heterocycles. The molecule has 1 amide bonds. The van der Waals surface area contributed by atoms with Gasteiger partial charge in [-0.05, 0) is 45.1 Å². The molecule has 2 unspecified atom stereocenters. The van der Waals surface area contributed by atoms with Crippen molar-refractivity contribution in [2.45, 2.75) is 65.1 Å². The van der Waals surface area contributed by atoms with Crippen molar-refractivity contribution in [3.63, 3.8) is 0 Å². The highest BCUT2D eigenvalue weighted by Crippen LogP contribution is 2.22. The number of hydrogen-bond acceptors (Lipinski definition) is 3. The molecule has 0 bridgehead atoms. The van der Waals surface area contributed by atoms with E-state index in [1.807, 2.05) is 0 Å². The van der Waals surface area contributed by atoms with Crippen LogP contribution in [0.3, 0.4) is 0 Å². The van der Waals surface area contributed by atoms with E-state index in [1.165, 1.54) is 30.4 Å². The molecule has 4 heteroatoms. The van der Waals surface area contributed by atoms with Crippen molar-refractivity contribution in [2.75, 3.05) is 32.7 Å². The fourth-order valence-electron chi connectivity index (χ4n) is 4.49. The largest absolute Gasteiger partial charge is 0.338 e. The van der Waals surface area contributed by atoms with Crippen molar-refractivity contribution < 1.29 is 4.79 Å². The van der Waals surface area contributed by atoms with Crippen molar-refractivity contribution in [1.29, 1.82) is 0 Å². The van der Waals surface area contributed by atoms with Crippen molar-refractivity contribution in [2.24, 2.45) is 0 Å². The van der Waals surface area contributed by atoms with Crippen molar-refractivity contribution in [3.05, 3.63) is 35.4 Å². The number of rotatable bonds is 5. The number of nitrogens with zero attached hydrogens (tertiary/aromatic N) is 3. The molecule has 0 N–H and O–H groups in total. The molecule has 4 nitrogen and oxygen atoms in total. The Balaban J connectivity index is 1.51. The second kappa shape index (κ2) is 9.01. The third-order valence-electron chi connectivity index (χ3n) is 6.18. The highest BCUT2D eigenvalue weighted by molar-refractivity contribution is 5.82. The first kappa shape index (κ1) is 19.4. The van der Waals surface area contributed by atoms with Gasteiger partial charge in [-0.1, -0.05) is 36.8 Å². The van der Waals surface area contributed by atoms with Gasteiger partial charge in [0.05, 0.1) is 6.04 Å². The first-order valence-corrected chi connectivity index (χ1v) is 10.4. The Morgan fingerprint density at radius 1 is 1.15 bits per heavy atom. The van der Waals surface area contributed by atoms with Gasteiger partial charge in [0.2, 0.25) is 5.91 Å². The van der Waals surface area contributed by atoms with E-state index in [4.69, 9.17) is 0 Å². The van der Waals surface area contributed by atoms with E-state index in [0.29, 0.717) is 11.9 Å². The number of hydrogen-bond donors (Lipinski definition) is 0. The van der Waals surface area contributed by atoms with Gasteiger partial charge in [-0.25, -0.2) is 0 Å². The van der Waals surface area contributed by atoms with Gasteiger partial charge >= 0.3 is 0 Å². The van der Waals surface area contributed by atoms with Gasteiger partial charge in [-0.15, -0.1) is 0 Å². The first-order valence-electron chi connectivity index (χ1n) is 10.4. The second-order valence-corrected chi connectivity index (χ2v) is 8.07. The van der Waals surface area contributed by atoms with Gasteiger partial charge < -0.3 is 4.90 Å². The zero-order valence-corrected chi connectivity index (χ0v) is 16.8. The summed E-state index contributed by atoms with van der Waals surface area (Å²) in [5.74, 6) is 0.351. The van der Waals surface area contributed by atoms with E-state index in [0.717, 1.165) is 45.7 Å². The summed E-state index contributed by atoms with van der Waals surface area (Å²) in [6.07, 6.45) is 4.70. The lowest BCUT2D eigenvalue weighted by Gasteiger charge is -2.42. The average Bonchev–Trinajstić information content (AvgIpc) is 2.67. The summed E-state index contributed by atoms with van der Waals surface area (Å²) < 4.78 is 0. The molecule has 1 aromatic rings. The molecule has 0 spiro atoms. The van der Waals surface area contributed by atoms with Gasteiger partial charge in [-0.3, -0.25) is 14.6 Å². The Bertz CT molecular complexity index is 595. The molecule has 3 rings (SSSR count). The van der Waals surface area contributed by atoms with Crippen LogP contribution in [-0.4, -0.2) is 65.4 Å². The predicted molar refractivity (Wildman–Crippen MR) is 107 cm³/mol. The third kappa shape index (κ3) is 4.66. The molecule has 0 radical (unpaired) electrons. The number of carbonyl (C=O) groups excluding carboxylic acids is 1. The summed E-state index contributed by atoms with van der Waals surface area (Å²) >= 11 is 0. The van der Waals surface area contributed by atoms with Crippen LogP contribution in [0.15, 0.2) is 24.3 Å². The van der Waals surface area contributed by atoms with Crippen LogP contribution in [-0.2, 0) is 11.3 Å². The number of amides is 1. The summed E-state index contributed by atoms with van der Waals surface area (Å²) in [6, 6.07) is 9.26. The topological polar surface area (TPSA) is 26.8 Å². The van der Waals surface area contributed by atoms with Gasteiger partial charge in [0.25, 0.3) is 0 Å². The summed E-state index contributed by atoms with van der Waals surface area (Å²) in [4.78, 5) is 20.1. The van der Waals surface area contributed by atoms with Gasteiger partial charge in [0.1, 0.15) is 0 Å². The third-order valence-corrected chi connectivity index (χ3v) is 6.18. The van der Waals surface area contributed by atoms with E-state index >= 15 is 0 Å². The SMILES string of the molecule is CCC1CCCCN1C(=O)C(C)N1CCN(Cc2cccc(C)c2)CC1. The van der Waals surface area contributed by atoms with E-state index in [9.17, 15) is 4.79 Å². The second-order valence-electron chi connectivity index (χ2n) is 8.07. The number of carbonyl (C=O) groups is 1. The number of piperidine rings is 1. The molecule has 2 aliphatic heterocycles. The van der Waals surface area contributed by atoms with Gasteiger partial charge in [0, 0.05) is 45.3 Å². The molecule has 26 heavy (non-hydrogen) atoms. The summed E-state index contributed by atoms with van der Waals surface area (Å²) in [7, 11) is 0. The van der Waals surface area contributed by atoms with Crippen molar-refractivity contribution in [3.8, 4) is 0 Å². The van der Waals surface area contributed by atoms with E-state index < -0.39 is 0 Å². The minimum absolute atomic E-state index is 0.0169. The molecular weight excluding hydrogens is 322 g/mol. The molecule has 2 heterocycles. The van der Waals surface area contributed by atoms with Gasteiger partial charge in [-0.2, -0.15) is 0 Å². The van der Waals surface area contributed by atoms with Crippen LogP contribution < -0.4 is 0 Å². The Morgan fingerprint density at radius 2 is 1.92 bits per heavy atom. The molecule has 0 aliphatic carbocycles. The van der Waals surface area contributed by atoms with E-state index in [2.05, 4.69) is 59.7 Å². The van der Waals surface area contributed by atoms with Crippen LogP contribution >= 0.6 is 0 Å². The number of aryl methyl sites for hydroxylation is 1. The maximum absolute atomic E-state index is 13.0. The lowest BCUT2D eigenvalue weighted by molar-refractivity contribution is -0.141. The molecule has 2 fully saturated rings. The lowest BCUT2D eigenvalue weighted by atomic mass is 9.99. The van der Waals surface area contributed by atoms with Crippen LogP contribution in [0.1, 0.15) is 50.7 Å². The molecule has 1 aromatic carbocycles. The average molecular weight is 358 g/mol. The molecule has 2 aliphatic rings. The number of piperazine rings is 1. The van der Waals surface area contributed by atoms with E-state index in [1.54, 1.807) is 0 Å². The van der Waals surface area contributed by atoms with Crippen LogP contribution in [0.5, 0.6) is 0 Å². The fraction of sp³-hybridized carbons (Fsp3) is 0.682. The Kier molecular flexibility index (Phi) is 6.71. The van der Waals surface area contributed by atoms with Gasteiger partial charge in [0.15, 0.2) is 0 Å². The minimum Gasteiger partial charge on any atom is -0.338 e.